The smallest absolute Gasteiger partial charge is 0.337 e. The molecule has 0 aliphatic heterocycles. The minimum atomic E-state index is -4.02. The second-order valence-corrected chi connectivity index (χ2v) is 4.55. The minimum absolute atomic E-state index is 0.0666. The van der Waals surface area contributed by atoms with Crippen molar-refractivity contribution in [3.8, 4) is 0 Å². The molecule has 0 aliphatic carbocycles. The lowest BCUT2D eigenvalue weighted by Crippen LogP contribution is -2.04. The Kier molecular flexibility index (Phi) is 4.98. The number of aryl methyl sites for hydroxylation is 1. The molecule has 0 bridgehead atoms. The third-order valence-electron chi connectivity index (χ3n) is 1.32. The lowest BCUT2D eigenvalue weighted by molar-refractivity contribution is -0.181. The zero-order valence-corrected chi connectivity index (χ0v) is 9.50. The molecule has 7 heteroatoms. The Bertz CT molecular complexity index is 414. The van der Waals surface area contributed by atoms with Gasteiger partial charge in [-0.1, -0.05) is 17.7 Å². The van der Waals surface area contributed by atoms with Crippen LogP contribution in [0.3, 0.4) is 0 Å². The van der Waals surface area contributed by atoms with Crippen LogP contribution in [0.25, 0.3) is 0 Å². The number of benzene rings is 1. The molecule has 0 unspecified atom stereocenters. The van der Waals surface area contributed by atoms with E-state index in [1.54, 1.807) is 12.1 Å². The molecule has 0 spiro atoms. The molecule has 0 radical (unpaired) electrons. The molecular formula is C9H12F2O4S. The second kappa shape index (κ2) is 5.33. The number of halogens is 2. The summed E-state index contributed by atoms with van der Waals surface area (Å²) in [6.07, 6.45) is -3.50. The van der Waals surface area contributed by atoms with Crippen LogP contribution in [0.15, 0.2) is 29.2 Å². The fourth-order valence-corrected chi connectivity index (χ4v) is 1.19. The Balaban J connectivity index is 0.000000385. The van der Waals surface area contributed by atoms with E-state index in [4.69, 9.17) is 9.66 Å². The molecule has 0 atom stereocenters. The number of hydrogen-bond acceptors (Lipinski definition) is 3. The molecular weight excluding hydrogens is 242 g/mol. The van der Waals surface area contributed by atoms with Gasteiger partial charge in [-0.25, -0.2) is 0 Å². The van der Waals surface area contributed by atoms with E-state index < -0.39 is 16.2 Å². The van der Waals surface area contributed by atoms with Crippen LogP contribution in [-0.2, 0) is 10.1 Å². The summed E-state index contributed by atoms with van der Waals surface area (Å²) in [5.74, 6) is 0. The van der Waals surface area contributed by atoms with Gasteiger partial charge in [0.15, 0.2) is 0 Å². The Morgan fingerprint density at radius 1 is 1.19 bits per heavy atom. The summed E-state index contributed by atoms with van der Waals surface area (Å²) in [5.41, 5.74) is 0.956. The summed E-state index contributed by atoms with van der Waals surface area (Å²) in [4.78, 5) is -0.0666. The molecule has 16 heavy (non-hydrogen) atoms. The molecule has 0 saturated heterocycles. The third kappa shape index (κ3) is 8.27. The Morgan fingerprint density at radius 3 is 1.75 bits per heavy atom. The van der Waals surface area contributed by atoms with Crippen LogP contribution in [0.1, 0.15) is 12.5 Å². The third-order valence-corrected chi connectivity index (χ3v) is 2.19. The fourth-order valence-electron chi connectivity index (χ4n) is 0.710. The van der Waals surface area contributed by atoms with Crippen molar-refractivity contribution in [3.63, 3.8) is 0 Å². The summed E-state index contributed by atoms with van der Waals surface area (Å²) in [6.45, 7) is 2.25. The van der Waals surface area contributed by atoms with E-state index in [0.29, 0.717) is 6.92 Å². The molecule has 0 aliphatic rings. The molecule has 92 valence electrons. The molecule has 1 aromatic carbocycles. The SMILES string of the molecule is CC(O)(F)F.Cc1ccc(S(=O)(=O)O)cc1. The average molecular weight is 254 g/mol. The largest absolute Gasteiger partial charge is 0.350 e. The average Bonchev–Trinajstić information content (AvgIpc) is 1.99. The first-order valence-electron chi connectivity index (χ1n) is 4.14. The van der Waals surface area contributed by atoms with E-state index in [2.05, 4.69) is 0 Å². The molecule has 1 rings (SSSR count). The van der Waals surface area contributed by atoms with E-state index in [9.17, 15) is 17.2 Å². The maximum atomic E-state index is 10.6. The Labute approximate surface area is 92.3 Å². The standard InChI is InChI=1S/C7H8O3S.C2H4F2O/c1-6-2-4-7(5-3-6)11(8,9)10;1-2(3,4)5/h2-5H,1H3,(H,8,9,10);5H,1H3. The zero-order chi connectivity index (χ0) is 13.0. The van der Waals surface area contributed by atoms with Gasteiger partial charge in [0.2, 0.25) is 0 Å². The maximum absolute atomic E-state index is 10.6. The van der Waals surface area contributed by atoms with Gasteiger partial charge in [-0.05, 0) is 19.1 Å². The highest BCUT2D eigenvalue weighted by molar-refractivity contribution is 7.85. The molecule has 0 saturated carbocycles. The van der Waals surface area contributed by atoms with Crippen molar-refractivity contribution in [1.29, 1.82) is 0 Å². The minimum Gasteiger partial charge on any atom is -0.337 e. The maximum Gasteiger partial charge on any atom is 0.350 e. The van der Waals surface area contributed by atoms with Gasteiger partial charge in [0.1, 0.15) is 0 Å². The number of aliphatic hydroxyl groups is 1. The lowest BCUT2D eigenvalue weighted by Gasteiger charge is -1.95. The predicted molar refractivity (Wildman–Crippen MR) is 53.8 cm³/mol. The highest BCUT2D eigenvalue weighted by atomic mass is 32.2. The van der Waals surface area contributed by atoms with Crippen LogP contribution in [-0.4, -0.2) is 24.2 Å². The van der Waals surface area contributed by atoms with Gasteiger partial charge in [-0.2, -0.15) is 17.2 Å². The molecule has 2 N–H and O–H groups in total. The van der Waals surface area contributed by atoms with Gasteiger partial charge in [0.25, 0.3) is 10.1 Å². The van der Waals surface area contributed by atoms with E-state index in [1.807, 2.05) is 6.92 Å². The van der Waals surface area contributed by atoms with Gasteiger partial charge < -0.3 is 5.11 Å². The van der Waals surface area contributed by atoms with Crippen LogP contribution in [0.5, 0.6) is 0 Å². The van der Waals surface area contributed by atoms with Gasteiger partial charge in [-0.3, -0.25) is 4.55 Å². The van der Waals surface area contributed by atoms with Crippen molar-refractivity contribution in [1.82, 2.24) is 0 Å². The number of rotatable bonds is 1. The summed E-state index contributed by atoms with van der Waals surface area (Å²) in [5, 5.41) is 7.19. The monoisotopic (exact) mass is 254 g/mol. The highest BCUT2D eigenvalue weighted by Crippen LogP contribution is 2.08. The molecule has 0 fully saturated rings. The lowest BCUT2D eigenvalue weighted by atomic mass is 10.2. The predicted octanol–water partition coefficient (Wildman–Crippen LogP) is 1.83. The normalized spacial score (nSPS) is 11.6. The first-order valence-corrected chi connectivity index (χ1v) is 5.58. The topological polar surface area (TPSA) is 74.6 Å². The fraction of sp³-hybridized carbons (Fsp3) is 0.333. The zero-order valence-electron chi connectivity index (χ0n) is 8.68. The van der Waals surface area contributed by atoms with E-state index in [0.717, 1.165) is 5.56 Å². The number of alkyl halides is 2. The first kappa shape index (κ1) is 14.9. The van der Waals surface area contributed by atoms with E-state index in [1.165, 1.54) is 12.1 Å². The summed E-state index contributed by atoms with van der Waals surface area (Å²) in [6, 6.07) is 5.99. The molecule has 4 nitrogen and oxygen atoms in total. The molecule has 1 aromatic rings. The number of hydrogen-bond donors (Lipinski definition) is 2. The second-order valence-electron chi connectivity index (χ2n) is 3.13. The van der Waals surface area contributed by atoms with Crippen molar-refractivity contribution in [2.45, 2.75) is 24.9 Å². The van der Waals surface area contributed by atoms with Crippen LogP contribution in [0.4, 0.5) is 8.78 Å². The van der Waals surface area contributed by atoms with Gasteiger partial charge in [0, 0.05) is 6.92 Å². The quantitative estimate of drug-likeness (QED) is 0.750. The molecule has 0 aromatic heterocycles. The Hall–Kier alpha value is -1.05. The van der Waals surface area contributed by atoms with E-state index >= 15 is 0 Å². The van der Waals surface area contributed by atoms with Crippen LogP contribution < -0.4 is 0 Å². The molecule has 0 heterocycles. The summed E-state index contributed by atoms with van der Waals surface area (Å²) < 4.78 is 50.7. The van der Waals surface area contributed by atoms with Crippen LogP contribution in [0, 0.1) is 6.92 Å². The summed E-state index contributed by atoms with van der Waals surface area (Å²) in [7, 11) is -4.02. The van der Waals surface area contributed by atoms with Crippen LogP contribution in [0.2, 0.25) is 0 Å². The van der Waals surface area contributed by atoms with Crippen molar-refractivity contribution in [2.24, 2.45) is 0 Å². The van der Waals surface area contributed by atoms with Gasteiger partial charge in [-0.15, -0.1) is 0 Å². The first-order chi connectivity index (χ1) is 7.00. The Morgan fingerprint density at radius 2 is 1.50 bits per heavy atom. The highest BCUT2D eigenvalue weighted by Gasteiger charge is 2.11. The van der Waals surface area contributed by atoms with Gasteiger partial charge in [0.05, 0.1) is 4.90 Å². The van der Waals surface area contributed by atoms with E-state index in [-0.39, 0.29) is 4.90 Å². The van der Waals surface area contributed by atoms with Crippen molar-refractivity contribution < 1.29 is 26.9 Å². The molecule has 0 amide bonds. The van der Waals surface area contributed by atoms with Gasteiger partial charge >= 0.3 is 6.11 Å². The van der Waals surface area contributed by atoms with Crippen molar-refractivity contribution in [3.05, 3.63) is 29.8 Å². The van der Waals surface area contributed by atoms with Crippen molar-refractivity contribution >= 4 is 10.1 Å². The van der Waals surface area contributed by atoms with Crippen molar-refractivity contribution in [2.75, 3.05) is 0 Å². The van der Waals surface area contributed by atoms with Crippen LogP contribution >= 0.6 is 0 Å². The summed E-state index contributed by atoms with van der Waals surface area (Å²) >= 11 is 0.